The Morgan fingerprint density at radius 1 is 1.53 bits per heavy atom. The van der Waals surface area contributed by atoms with E-state index in [0.29, 0.717) is 22.9 Å². The Morgan fingerprint density at radius 3 is 2.82 bits per heavy atom. The highest BCUT2D eigenvalue weighted by Gasteiger charge is 2.29. The Morgan fingerprint density at radius 2 is 2.24 bits per heavy atom. The average Bonchev–Trinajstić information content (AvgIpc) is 3.05. The lowest BCUT2D eigenvalue weighted by Crippen LogP contribution is -2.26. The molecule has 1 fully saturated rings. The smallest absolute Gasteiger partial charge is 0.138 e. The highest BCUT2D eigenvalue weighted by atomic mass is 35.5. The van der Waals surface area contributed by atoms with Crippen LogP contribution in [-0.2, 0) is 11.2 Å². The van der Waals surface area contributed by atoms with Gasteiger partial charge < -0.3 is 5.73 Å². The molecule has 1 saturated carbocycles. The minimum atomic E-state index is -0.425. The summed E-state index contributed by atoms with van der Waals surface area (Å²) in [5, 5.41) is 0.341. The van der Waals surface area contributed by atoms with Crippen molar-refractivity contribution < 1.29 is 9.18 Å². The molecule has 0 bridgehead atoms. The predicted octanol–water partition coefficient (Wildman–Crippen LogP) is 2.72. The molecule has 0 amide bonds. The number of rotatable bonds is 5. The number of hydrogen-bond acceptors (Lipinski definition) is 2. The van der Waals surface area contributed by atoms with Crippen LogP contribution in [0.5, 0.6) is 0 Å². The first-order valence-corrected chi connectivity index (χ1v) is 6.15. The number of hydrogen-bond donors (Lipinski definition) is 1. The molecule has 1 unspecified atom stereocenters. The Bertz CT molecular complexity index is 431. The van der Waals surface area contributed by atoms with Crippen molar-refractivity contribution in [1.82, 2.24) is 0 Å². The van der Waals surface area contributed by atoms with Crippen LogP contribution in [0.2, 0.25) is 5.02 Å². The van der Waals surface area contributed by atoms with Crippen LogP contribution in [0.3, 0.4) is 0 Å². The molecule has 0 aromatic heterocycles. The lowest BCUT2D eigenvalue weighted by molar-refractivity contribution is -0.118. The number of carbonyl (C=O) groups excluding carboxylic acids is 1. The van der Waals surface area contributed by atoms with Crippen LogP contribution < -0.4 is 5.73 Å². The second-order valence-corrected chi connectivity index (χ2v) is 5.09. The molecule has 17 heavy (non-hydrogen) atoms. The summed E-state index contributed by atoms with van der Waals surface area (Å²) in [7, 11) is 0. The van der Waals surface area contributed by atoms with Crippen LogP contribution in [-0.4, -0.2) is 11.8 Å². The Kier molecular flexibility index (Phi) is 3.79. The molecular formula is C13H15ClFNO. The van der Waals surface area contributed by atoms with Crippen molar-refractivity contribution >= 4 is 17.4 Å². The van der Waals surface area contributed by atoms with Crippen molar-refractivity contribution in [3.63, 3.8) is 0 Å². The minimum Gasteiger partial charge on any atom is -0.327 e. The molecule has 2 rings (SSSR count). The number of carbonyl (C=O) groups is 1. The third kappa shape index (κ3) is 3.51. The standard InChI is InChI=1S/C13H15ClFNO/c14-10-4-3-9(12(15)6-10)5-11(17)7-13(16)8-1-2-8/h3-4,6,8,13H,1-2,5,7,16H2. The van der Waals surface area contributed by atoms with Gasteiger partial charge in [-0.3, -0.25) is 4.79 Å². The summed E-state index contributed by atoms with van der Waals surface area (Å²) >= 11 is 5.64. The van der Waals surface area contributed by atoms with Crippen molar-refractivity contribution in [2.75, 3.05) is 0 Å². The predicted molar refractivity (Wildman–Crippen MR) is 65.4 cm³/mol. The van der Waals surface area contributed by atoms with E-state index in [4.69, 9.17) is 17.3 Å². The van der Waals surface area contributed by atoms with Crippen molar-refractivity contribution in [1.29, 1.82) is 0 Å². The van der Waals surface area contributed by atoms with Crippen LogP contribution in [0.25, 0.3) is 0 Å². The van der Waals surface area contributed by atoms with Gasteiger partial charge in [0.1, 0.15) is 11.6 Å². The van der Waals surface area contributed by atoms with E-state index in [2.05, 4.69) is 0 Å². The monoisotopic (exact) mass is 255 g/mol. The van der Waals surface area contributed by atoms with E-state index < -0.39 is 5.82 Å². The third-order valence-corrected chi connectivity index (χ3v) is 3.33. The third-order valence-electron chi connectivity index (χ3n) is 3.09. The van der Waals surface area contributed by atoms with E-state index in [9.17, 15) is 9.18 Å². The number of Topliss-reactive ketones (excluding diaryl/α,β-unsaturated/α-hetero) is 1. The zero-order chi connectivity index (χ0) is 12.4. The Hall–Kier alpha value is -0.930. The molecule has 1 aliphatic carbocycles. The van der Waals surface area contributed by atoms with Gasteiger partial charge in [0, 0.05) is 23.9 Å². The SMILES string of the molecule is NC(CC(=O)Cc1ccc(Cl)cc1F)C1CC1. The minimum absolute atomic E-state index is 0.00868. The summed E-state index contributed by atoms with van der Waals surface area (Å²) < 4.78 is 13.5. The lowest BCUT2D eigenvalue weighted by atomic mass is 10.0. The maximum Gasteiger partial charge on any atom is 0.138 e. The van der Waals surface area contributed by atoms with Gasteiger partial charge in [-0.2, -0.15) is 0 Å². The Labute approximate surface area is 105 Å². The first-order valence-electron chi connectivity index (χ1n) is 5.77. The molecule has 4 heteroatoms. The van der Waals surface area contributed by atoms with Crippen molar-refractivity contribution in [2.24, 2.45) is 11.7 Å². The first kappa shape index (κ1) is 12.5. The number of nitrogens with two attached hydrogens (primary N) is 1. The van der Waals surface area contributed by atoms with Gasteiger partial charge >= 0.3 is 0 Å². The van der Waals surface area contributed by atoms with Crippen molar-refractivity contribution in [3.05, 3.63) is 34.6 Å². The molecule has 0 saturated heterocycles. The molecule has 2 nitrogen and oxygen atoms in total. The average molecular weight is 256 g/mol. The molecule has 0 spiro atoms. The summed E-state index contributed by atoms with van der Waals surface area (Å²) in [5.74, 6) is 0.0606. The van der Waals surface area contributed by atoms with E-state index in [1.54, 1.807) is 12.1 Å². The normalized spacial score (nSPS) is 16.9. The van der Waals surface area contributed by atoms with E-state index in [1.807, 2.05) is 0 Å². The van der Waals surface area contributed by atoms with Gasteiger partial charge in [-0.1, -0.05) is 17.7 Å². The van der Waals surface area contributed by atoms with E-state index >= 15 is 0 Å². The van der Waals surface area contributed by atoms with Gasteiger partial charge in [0.15, 0.2) is 0 Å². The second-order valence-electron chi connectivity index (χ2n) is 4.66. The highest BCUT2D eigenvalue weighted by Crippen LogP contribution is 2.33. The molecule has 1 aromatic rings. The second kappa shape index (κ2) is 5.15. The fraction of sp³-hybridized carbons (Fsp3) is 0.462. The molecule has 1 aliphatic rings. The molecule has 0 aliphatic heterocycles. The van der Waals surface area contributed by atoms with Gasteiger partial charge in [-0.05, 0) is 36.5 Å². The molecule has 2 N–H and O–H groups in total. The summed E-state index contributed by atoms with van der Waals surface area (Å²) in [5.41, 5.74) is 6.25. The zero-order valence-electron chi connectivity index (χ0n) is 9.46. The zero-order valence-corrected chi connectivity index (χ0v) is 10.2. The van der Waals surface area contributed by atoms with Gasteiger partial charge in [-0.25, -0.2) is 4.39 Å². The lowest BCUT2D eigenvalue weighted by Gasteiger charge is -2.09. The number of ketones is 1. The van der Waals surface area contributed by atoms with Gasteiger partial charge in [0.25, 0.3) is 0 Å². The quantitative estimate of drug-likeness (QED) is 0.879. The molecule has 1 atom stereocenters. The molecule has 0 radical (unpaired) electrons. The fourth-order valence-electron chi connectivity index (χ4n) is 1.90. The maximum atomic E-state index is 13.5. The molecule has 92 valence electrons. The van der Waals surface area contributed by atoms with Crippen LogP contribution >= 0.6 is 11.6 Å². The van der Waals surface area contributed by atoms with E-state index in [-0.39, 0.29) is 18.2 Å². The van der Waals surface area contributed by atoms with Crippen molar-refractivity contribution in [2.45, 2.75) is 31.7 Å². The van der Waals surface area contributed by atoms with Crippen molar-refractivity contribution in [3.8, 4) is 0 Å². The summed E-state index contributed by atoms with van der Waals surface area (Å²) in [6.45, 7) is 0. The van der Waals surface area contributed by atoms with E-state index in [1.165, 1.54) is 6.07 Å². The van der Waals surface area contributed by atoms with Crippen LogP contribution in [0.15, 0.2) is 18.2 Å². The number of halogens is 2. The van der Waals surface area contributed by atoms with E-state index in [0.717, 1.165) is 12.8 Å². The van der Waals surface area contributed by atoms with Gasteiger partial charge in [0.2, 0.25) is 0 Å². The number of benzene rings is 1. The summed E-state index contributed by atoms with van der Waals surface area (Å²) in [6.07, 6.45) is 2.67. The van der Waals surface area contributed by atoms with Crippen LogP contribution in [0.1, 0.15) is 24.8 Å². The maximum absolute atomic E-state index is 13.5. The summed E-state index contributed by atoms with van der Waals surface area (Å²) in [6, 6.07) is 4.31. The first-order chi connectivity index (χ1) is 8.06. The molecule has 0 heterocycles. The molecular weight excluding hydrogens is 241 g/mol. The van der Waals surface area contributed by atoms with Crippen LogP contribution in [0.4, 0.5) is 4.39 Å². The summed E-state index contributed by atoms with van der Waals surface area (Å²) in [4.78, 5) is 11.7. The molecule has 1 aromatic carbocycles. The van der Waals surface area contributed by atoms with Gasteiger partial charge in [-0.15, -0.1) is 0 Å². The topological polar surface area (TPSA) is 43.1 Å². The Balaban J connectivity index is 1.92. The highest BCUT2D eigenvalue weighted by molar-refractivity contribution is 6.30. The van der Waals surface area contributed by atoms with Crippen LogP contribution in [0, 0.1) is 11.7 Å². The largest absolute Gasteiger partial charge is 0.327 e. The fourth-order valence-corrected chi connectivity index (χ4v) is 2.06. The van der Waals surface area contributed by atoms with Gasteiger partial charge in [0.05, 0.1) is 0 Å².